The van der Waals surface area contributed by atoms with E-state index in [2.05, 4.69) is 10.0 Å². The van der Waals surface area contributed by atoms with Crippen LogP contribution in [0.25, 0.3) is 0 Å². The van der Waals surface area contributed by atoms with E-state index in [1.807, 2.05) is 6.92 Å². The number of ether oxygens (including phenoxy) is 3. The van der Waals surface area contributed by atoms with E-state index in [0.717, 1.165) is 12.8 Å². The summed E-state index contributed by atoms with van der Waals surface area (Å²) in [6, 6.07) is 9.03. The number of anilines is 1. The van der Waals surface area contributed by atoms with Crippen LogP contribution in [0.3, 0.4) is 0 Å². The van der Waals surface area contributed by atoms with Crippen LogP contribution in [0.5, 0.6) is 17.2 Å². The Morgan fingerprint density at radius 3 is 2.37 bits per heavy atom. The minimum Gasteiger partial charge on any atom is -0.493 e. The molecule has 2 rings (SSSR count). The van der Waals surface area contributed by atoms with Crippen LogP contribution in [0.1, 0.15) is 19.8 Å². The van der Waals surface area contributed by atoms with Crippen molar-refractivity contribution in [2.24, 2.45) is 0 Å². The summed E-state index contributed by atoms with van der Waals surface area (Å²) in [5.41, 5.74) is 0.506. The third-order valence-corrected chi connectivity index (χ3v) is 5.82. The predicted octanol–water partition coefficient (Wildman–Crippen LogP) is 3.45. The normalized spacial score (nSPS) is 11.1. The van der Waals surface area contributed by atoms with E-state index in [1.54, 1.807) is 18.2 Å². The van der Waals surface area contributed by atoms with E-state index >= 15 is 0 Å². The van der Waals surface area contributed by atoms with Crippen LogP contribution >= 0.6 is 11.6 Å². The van der Waals surface area contributed by atoms with Crippen molar-refractivity contribution in [1.29, 1.82) is 0 Å². The van der Waals surface area contributed by atoms with Crippen LogP contribution in [-0.2, 0) is 14.8 Å². The Morgan fingerprint density at radius 2 is 1.73 bits per heavy atom. The van der Waals surface area contributed by atoms with Gasteiger partial charge in [-0.05, 0) is 36.8 Å². The molecule has 0 aliphatic heterocycles. The molecule has 0 heterocycles. The number of carbonyl (C=O) groups excluding carboxylic acids is 1. The molecule has 2 N–H and O–H groups in total. The minimum atomic E-state index is -3.65. The fourth-order valence-corrected chi connectivity index (χ4v) is 3.89. The molecule has 0 unspecified atom stereocenters. The largest absolute Gasteiger partial charge is 0.493 e. The molecule has 0 bridgehead atoms. The van der Waals surface area contributed by atoms with Gasteiger partial charge in [0.2, 0.25) is 10.0 Å². The molecule has 164 valence electrons. The summed E-state index contributed by atoms with van der Waals surface area (Å²) in [4.78, 5) is 12.2. The molecule has 2 aromatic carbocycles. The van der Waals surface area contributed by atoms with Crippen molar-refractivity contribution >= 4 is 33.2 Å². The first-order chi connectivity index (χ1) is 14.3. The van der Waals surface area contributed by atoms with E-state index in [0.29, 0.717) is 23.7 Å². The molecule has 2 aromatic rings. The Balaban J connectivity index is 1.98. The lowest BCUT2D eigenvalue weighted by Crippen LogP contribution is -2.24. The first-order valence-electron chi connectivity index (χ1n) is 9.24. The Hall–Kier alpha value is -2.49. The summed E-state index contributed by atoms with van der Waals surface area (Å²) in [7, 11) is -0.630. The smallest absolute Gasteiger partial charge is 0.262 e. The van der Waals surface area contributed by atoms with E-state index in [-0.39, 0.29) is 22.3 Å². The standard InChI is InChI=1S/C20H25ClN2O6S/c1-4-5-10-22-30(25,26)15-7-9-17(16(21)12-15)29-13-20(24)23-14-6-8-18(27-2)19(11-14)28-3/h6-9,11-12,22H,4-5,10,13H2,1-3H3,(H,23,24). The maximum absolute atomic E-state index is 12.2. The van der Waals surface area contributed by atoms with Crippen LogP contribution in [-0.4, -0.2) is 41.7 Å². The zero-order valence-corrected chi connectivity index (χ0v) is 18.6. The molecule has 1 amide bonds. The molecule has 0 saturated heterocycles. The van der Waals surface area contributed by atoms with E-state index < -0.39 is 15.9 Å². The number of nitrogens with one attached hydrogen (secondary N) is 2. The topological polar surface area (TPSA) is 103 Å². The second-order valence-electron chi connectivity index (χ2n) is 6.25. The number of hydrogen-bond acceptors (Lipinski definition) is 6. The second kappa shape index (κ2) is 11.1. The van der Waals surface area contributed by atoms with Gasteiger partial charge >= 0.3 is 0 Å². The number of rotatable bonds is 11. The number of hydrogen-bond donors (Lipinski definition) is 2. The van der Waals surface area contributed by atoms with Gasteiger partial charge in [-0.25, -0.2) is 13.1 Å². The number of unbranched alkanes of at least 4 members (excludes halogenated alkanes) is 1. The fourth-order valence-electron chi connectivity index (χ4n) is 2.49. The lowest BCUT2D eigenvalue weighted by molar-refractivity contribution is -0.118. The molecule has 0 aromatic heterocycles. The van der Waals surface area contributed by atoms with Crippen LogP contribution < -0.4 is 24.2 Å². The summed E-state index contributed by atoms with van der Waals surface area (Å²) >= 11 is 6.13. The van der Waals surface area contributed by atoms with E-state index in [9.17, 15) is 13.2 Å². The van der Waals surface area contributed by atoms with E-state index in [1.165, 1.54) is 32.4 Å². The number of benzene rings is 2. The average Bonchev–Trinajstić information content (AvgIpc) is 2.72. The Morgan fingerprint density at radius 1 is 1.03 bits per heavy atom. The Kier molecular flexibility index (Phi) is 8.76. The van der Waals surface area contributed by atoms with Crippen LogP contribution in [0, 0.1) is 0 Å². The molecule has 0 aliphatic carbocycles. The van der Waals surface area contributed by atoms with Gasteiger partial charge in [0.15, 0.2) is 18.1 Å². The zero-order chi connectivity index (χ0) is 22.1. The van der Waals surface area contributed by atoms with Crippen LogP contribution in [0.2, 0.25) is 5.02 Å². The lowest BCUT2D eigenvalue weighted by Gasteiger charge is -2.12. The molecule has 0 aliphatic rings. The molecule has 10 heteroatoms. The van der Waals surface area contributed by atoms with Gasteiger partial charge in [0, 0.05) is 18.3 Å². The van der Waals surface area contributed by atoms with Crippen molar-refractivity contribution in [3.05, 3.63) is 41.4 Å². The summed E-state index contributed by atoms with van der Waals surface area (Å²) in [5.74, 6) is 0.796. The number of halogens is 1. The van der Waals surface area contributed by atoms with Crippen molar-refractivity contribution in [2.45, 2.75) is 24.7 Å². The molecule has 0 fully saturated rings. The Labute approximate surface area is 181 Å². The predicted molar refractivity (Wildman–Crippen MR) is 115 cm³/mol. The van der Waals surface area contributed by atoms with Gasteiger partial charge < -0.3 is 19.5 Å². The van der Waals surface area contributed by atoms with Crippen molar-refractivity contribution in [3.63, 3.8) is 0 Å². The molecule has 30 heavy (non-hydrogen) atoms. The first-order valence-corrected chi connectivity index (χ1v) is 11.1. The van der Waals surface area contributed by atoms with Gasteiger partial charge in [-0.1, -0.05) is 24.9 Å². The summed E-state index contributed by atoms with van der Waals surface area (Å²) in [6.45, 7) is 2.01. The third-order valence-electron chi connectivity index (χ3n) is 4.06. The highest BCUT2D eigenvalue weighted by atomic mass is 35.5. The highest BCUT2D eigenvalue weighted by Crippen LogP contribution is 2.30. The molecular weight excluding hydrogens is 432 g/mol. The number of sulfonamides is 1. The highest BCUT2D eigenvalue weighted by Gasteiger charge is 2.16. The molecule has 0 spiro atoms. The summed E-state index contributed by atoms with van der Waals surface area (Å²) < 4.78 is 42.8. The van der Waals surface area contributed by atoms with Gasteiger partial charge in [-0.2, -0.15) is 0 Å². The van der Waals surface area contributed by atoms with Crippen molar-refractivity contribution in [1.82, 2.24) is 4.72 Å². The molecule has 0 radical (unpaired) electrons. The van der Waals surface area contributed by atoms with Crippen molar-refractivity contribution in [3.8, 4) is 17.2 Å². The van der Waals surface area contributed by atoms with Crippen LogP contribution in [0.4, 0.5) is 5.69 Å². The maximum atomic E-state index is 12.2. The van der Waals surface area contributed by atoms with Crippen LogP contribution in [0.15, 0.2) is 41.3 Å². The van der Waals surface area contributed by atoms with E-state index in [4.69, 9.17) is 25.8 Å². The fraction of sp³-hybridized carbons (Fsp3) is 0.350. The number of methoxy groups -OCH3 is 2. The van der Waals surface area contributed by atoms with Gasteiger partial charge in [-0.15, -0.1) is 0 Å². The first kappa shape index (κ1) is 23.8. The zero-order valence-electron chi connectivity index (χ0n) is 17.0. The molecule has 8 nitrogen and oxygen atoms in total. The number of carbonyl (C=O) groups is 1. The average molecular weight is 457 g/mol. The van der Waals surface area contributed by atoms with Crippen molar-refractivity contribution < 1.29 is 27.4 Å². The third kappa shape index (κ3) is 6.51. The van der Waals surface area contributed by atoms with Gasteiger partial charge in [0.05, 0.1) is 24.1 Å². The minimum absolute atomic E-state index is 0.0331. The quantitative estimate of drug-likeness (QED) is 0.502. The van der Waals surface area contributed by atoms with Gasteiger partial charge in [-0.3, -0.25) is 4.79 Å². The SMILES string of the molecule is CCCCNS(=O)(=O)c1ccc(OCC(=O)Nc2ccc(OC)c(OC)c2)c(Cl)c1. The molecule has 0 saturated carbocycles. The summed E-state index contributed by atoms with van der Waals surface area (Å²) in [5, 5.41) is 2.76. The maximum Gasteiger partial charge on any atom is 0.262 e. The van der Waals surface area contributed by atoms with Gasteiger partial charge in [0.25, 0.3) is 5.91 Å². The molecular formula is C20H25ClN2O6S. The van der Waals surface area contributed by atoms with Gasteiger partial charge in [0.1, 0.15) is 5.75 Å². The Bertz CT molecular complexity index is 981. The number of amides is 1. The van der Waals surface area contributed by atoms with Crippen molar-refractivity contribution in [2.75, 3.05) is 32.7 Å². The second-order valence-corrected chi connectivity index (χ2v) is 8.42. The molecule has 0 atom stereocenters. The summed E-state index contributed by atoms with van der Waals surface area (Å²) in [6.07, 6.45) is 1.62. The monoisotopic (exact) mass is 456 g/mol. The highest BCUT2D eigenvalue weighted by molar-refractivity contribution is 7.89. The lowest BCUT2D eigenvalue weighted by atomic mass is 10.2.